The average molecular weight is 697 g/mol. The van der Waals surface area contributed by atoms with Crippen molar-refractivity contribution >= 4 is 50.7 Å². The molecule has 4 aromatic rings. The van der Waals surface area contributed by atoms with Crippen LogP contribution in [0.15, 0.2) is 108 Å². The van der Waals surface area contributed by atoms with Crippen LogP contribution in [0.25, 0.3) is 0 Å². The predicted octanol–water partition coefficient (Wildman–Crippen LogP) is 7.14. The normalized spacial score (nSPS) is 12.2. The molecular formula is C36H39Cl2N3O5S. The van der Waals surface area contributed by atoms with Gasteiger partial charge >= 0.3 is 0 Å². The molecule has 0 fully saturated rings. The van der Waals surface area contributed by atoms with Crippen LogP contribution in [-0.4, -0.2) is 49.9 Å². The summed E-state index contributed by atoms with van der Waals surface area (Å²) in [4.78, 5) is 30.0. The smallest absolute Gasteiger partial charge is 0.264 e. The Morgan fingerprint density at radius 1 is 0.872 bits per heavy atom. The number of carbonyl (C=O) groups is 2. The van der Waals surface area contributed by atoms with E-state index in [1.54, 1.807) is 60.7 Å². The molecule has 248 valence electrons. The summed E-state index contributed by atoms with van der Waals surface area (Å²) in [5.41, 5.74) is 1.05. The molecule has 0 aliphatic heterocycles. The summed E-state index contributed by atoms with van der Waals surface area (Å²) >= 11 is 12.8. The molecule has 47 heavy (non-hydrogen) atoms. The van der Waals surface area contributed by atoms with E-state index in [4.69, 9.17) is 27.9 Å². The summed E-state index contributed by atoms with van der Waals surface area (Å²) in [6, 6.07) is 27.7. The number of para-hydroxylation sites is 1. The molecule has 0 heterocycles. The summed E-state index contributed by atoms with van der Waals surface area (Å²) in [6.07, 6.45) is 0.177. The van der Waals surface area contributed by atoms with Crippen LogP contribution in [-0.2, 0) is 32.6 Å². The molecule has 0 saturated heterocycles. The summed E-state index contributed by atoms with van der Waals surface area (Å²) in [7, 11) is -4.25. The van der Waals surface area contributed by atoms with Gasteiger partial charge < -0.3 is 15.0 Å². The number of rotatable bonds is 13. The third kappa shape index (κ3) is 9.73. The molecule has 4 aromatic carbocycles. The molecule has 2 amide bonds. The molecule has 11 heteroatoms. The van der Waals surface area contributed by atoms with Gasteiger partial charge in [-0.1, -0.05) is 77.8 Å². The molecule has 1 atom stereocenters. The first-order chi connectivity index (χ1) is 22.3. The Morgan fingerprint density at radius 3 is 2.06 bits per heavy atom. The molecular weight excluding hydrogens is 657 g/mol. The summed E-state index contributed by atoms with van der Waals surface area (Å²) < 4.78 is 34.9. The lowest BCUT2D eigenvalue weighted by atomic mass is 10.0. The van der Waals surface area contributed by atoms with E-state index < -0.39 is 34.1 Å². The second-order valence-corrected chi connectivity index (χ2v) is 14.7. The molecule has 0 aromatic heterocycles. The van der Waals surface area contributed by atoms with Crippen molar-refractivity contribution in [2.75, 3.05) is 17.5 Å². The zero-order chi connectivity index (χ0) is 34.2. The zero-order valence-electron chi connectivity index (χ0n) is 26.8. The molecule has 0 aliphatic rings. The number of halogens is 2. The van der Waals surface area contributed by atoms with Gasteiger partial charge in [-0.2, -0.15) is 0 Å². The average Bonchev–Trinajstić information content (AvgIpc) is 3.03. The Hall–Kier alpha value is -4.05. The summed E-state index contributed by atoms with van der Waals surface area (Å²) in [5, 5.41) is 3.74. The largest absolute Gasteiger partial charge is 0.494 e. The van der Waals surface area contributed by atoms with Gasteiger partial charge in [-0.05, 0) is 87.4 Å². The number of amides is 2. The predicted molar refractivity (Wildman–Crippen MR) is 187 cm³/mol. The van der Waals surface area contributed by atoms with Crippen LogP contribution in [0.5, 0.6) is 5.75 Å². The Balaban J connectivity index is 1.81. The van der Waals surface area contributed by atoms with E-state index >= 15 is 0 Å². The number of benzene rings is 4. The SMILES string of the molecule is CCOc1ccc(S(=O)(=O)N(CC(=O)N(Cc2ccc(Cl)cc2Cl)[C@H](Cc2ccccc2)C(=O)NC(C)(C)C)c2ccccc2)cc1. The summed E-state index contributed by atoms with van der Waals surface area (Å²) in [5.74, 6) is -0.465. The van der Waals surface area contributed by atoms with Gasteiger partial charge in [0.1, 0.15) is 18.3 Å². The van der Waals surface area contributed by atoms with Crippen molar-refractivity contribution in [3.8, 4) is 5.75 Å². The molecule has 0 unspecified atom stereocenters. The second-order valence-electron chi connectivity index (χ2n) is 12.0. The highest BCUT2D eigenvalue weighted by Crippen LogP contribution is 2.28. The van der Waals surface area contributed by atoms with E-state index in [2.05, 4.69) is 5.32 Å². The van der Waals surface area contributed by atoms with E-state index in [1.165, 1.54) is 17.0 Å². The first-order valence-corrected chi connectivity index (χ1v) is 17.4. The van der Waals surface area contributed by atoms with Gasteiger partial charge in [0.25, 0.3) is 10.0 Å². The van der Waals surface area contributed by atoms with Crippen molar-refractivity contribution in [2.24, 2.45) is 0 Å². The van der Waals surface area contributed by atoms with Crippen LogP contribution in [0.4, 0.5) is 5.69 Å². The lowest BCUT2D eigenvalue weighted by Gasteiger charge is -2.35. The topological polar surface area (TPSA) is 96.0 Å². The molecule has 8 nitrogen and oxygen atoms in total. The molecule has 0 saturated carbocycles. The van der Waals surface area contributed by atoms with Crippen LogP contribution in [0.3, 0.4) is 0 Å². The van der Waals surface area contributed by atoms with E-state index in [9.17, 15) is 18.0 Å². The van der Waals surface area contributed by atoms with Crippen LogP contribution < -0.4 is 14.4 Å². The van der Waals surface area contributed by atoms with E-state index in [1.807, 2.05) is 58.0 Å². The van der Waals surface area contributed by atoms with Gasteiger partial charge in [0.15, 0.2) is 0 Å². The van der Waals surface area contributed by atoms with Gasteiger partial charge in [0.05, 0.1) is 17.2 Å². The Labute approximate surface area is 287 Å². The zero-order valence-corrected chi connectivity index (χ0v) is 29.1. The van der Waals surface area contributed by atoms with Crippen LogP contribution in [0, 0.1) is 0 Å². The Kier molecular flexibility index (Phi) is 12.0. The third-order valence-corrected chi connectivity index (χ3v) is 9.55. The van der Waals surface area contributed by atoms with Gasteiger partial charge in [-0.15, -0.1) is 0 Å². The first-order valence-electron chi connectivity index (χ1n) is 15.2. The fourth-order valence-electron chi connectivity index (χ4n) is 4.97. The van der Waals surface area contributed by atoms with Crippen LogP contribution in [0.2, 0.25) is 10.0 Å². The highest BCUT2D eigenvalue weighted by atomic mass is 35.5. The number of anilines is 1. The minimum atomic E-state index is -4.25. The summed E-state index contributed by atoms with van der Waals surface area (Å²) in [6.45, 7) is 7.17. The lowest BCUT2D eigenvalue weighted by Crippen LogP contribution is -2.56. The van der Waals surface area contributed by atoms with Gasteiger partial charge in [0.2, 0.25) is 11.8 Å². The molecule has 0 spiro atoms. The third-order valence-electron chi connectivity index (χ3n) is 7.17. The highest BCUT2D eigenvalue weighted by Gasteiger charge is 2.36. The van der Waals surface area contributed by atoms with Crippen molar-refractivity contribution in [2.45, 2.75) is 57.1 Å². The van der Waals surface area contributed by atoms with Crippen molar-refractivity contribution < 1.29 is 22.7 Å². The van der Waals surface area contributed by atoms with Gasteiger partial charge in [-0.3, -0.25) is 13.9 Å². The van der Waals surface area contributed by atoms with Crippen molar-refractivity contribution in [3.63, 3.8) is 0 Å². The van der Waals surface area contributed by atoms with Gasteiger partial charge in [0, 0.05) is 28.5 Å². The number of ether oxygens (including phenoxy) is 1. The number of nitrogens with one attached hydrogen (secondary N) is 1. The van der Waals surface area contributed by atoms with E-state index in [-0.39, 0.29) is 29.5 Å². The van der Waals surface area contributed by atoms with Crippen molar-refractivity contribution in [3.05, 3.63) is 124 Å². The maximum absolute atomic E-state index is 14.6. The highest BCUT2D eigenvalue weighted by molar-refractivity contribution is 7.92. The number of nitrogens with zero attached hydrogens (tertiary/aromatic N) is 2. The number of hydrogen-bond donors (Lipinski definition) is 1. The lowest BCUT2D eigenvalue weighted by molar-refractivity contribution is -0.140. The Morgan fingerprint density at radius 2 is 1.49 bits per heavy atom. The number of carbonyl (C=O) groups excluding carboxylic acids is 2. The number of sulfonamides is 1. The van der Waals surface area contributed by atoms with E-state index in [0.29, 0.717) is 28.0 Å². The minimum Gasteiger partial charge on any atom is -0.494 e. The molecule has 0 aliphatic carbocycles. The first kappa shape index (κ1) is 35.8. The maximum Gasteiger partial charge on any atom is 0.264 e. The minimum absolute atomic E-state index is 0.0174. The maximum atomic E-state index is 14.6. The Bertz CT molecular complexity index is 1760. The quantitative estimate of drug-likeness (QED) is 0.160. The van der Waals surface area contributed by atoms with Crippen LogP contribution >= 0.6 is 23.2 Å². The number of hydrogen-bond acceptors (Lipinski definition) is 5. The van der Waals surface area contributed by atoms with Crippen molar-refractivity contribution in [1.82, 2.24) is 10.2 Å². The monoisotopic (exact) mass is 695 g/mol. The molecule has 0 radical (unpaired) electrons. The van der Waals surface area contributed by atoms with Crippen LogP contribution in [0.1, 0.15) is 38.8 Å². The van der Waals surface area contributed by atoms with E-state index in [0.717, 1.165) is 9.87 Å². The van der Waals surface area contributed by atoms with Gasteiger partial charge in [-0.25, -0.2) is 8.42 Å². The standard InChI is InChI=1S/C36H39Cl2N3O5S/c1-5-46-30-18-20-31(21-19-30)47(44,45)41(29-14-10-7-11-15-29)25-34(42)40(24-27-16-17-28(37)23-32(27)38)33(35(43)39-36(2,3)4)22-26-12-8-6-9-13-26/h6-21,23,33H,5,22,24-25H2,1-4H3,(H,39,43)/t33-/m1/s1. The second kappa shape index (κ2) is 15.7. The molecule has 1 N–H and O–H groups in total. The fraction of sp³-hybridized carbons (Fsp3) is 0.278. The molecule has 0 bridgehead atoms. The van der Waals surface area contributed by atoms with Crippen molar-refractivity contribution in [1.29, 1.82) is 0 Å². The fourth-order valence-corrected chi connectivity index (χ4v) is 6.85. The molecule has 4 rings (SSSR count).